The smallest absolute Gasteiger partial charge is 0.287 e. The molecule has 0 saturated carbocycles. The van der Waals surface area contributed by atoms with E-state index < -0.39 is 0 Å². The maximum Gasteiger partial charge on any atom is 0.287 e. The number of hydrogen-bond acceptors (Lipinski definition) is 5. The number of ether oxygens (including phenoxy) is 3. The quantitative estimate of drug-likeness (QED) is 0.527. The third kappa shape index (κ3) is 3.46. The molecule has 3 aromatic rings. The van der Waals surface area contributed by atoms with E-state index in [-0.39, 0.29) is 5.91 Å². The molecule has 134 valence electrons. The van der Waals surface area contributed by atoms with Crippen LogP contribution in [0.5, 0.6) is 17.2 Å². The van der Waals surface area contributed by atoms with Crippen molar-refractivity contribution >= 4 is 23.0 Å². The zero-order chi connectivity index (χ0) is 18.5. The Hall–Kier alpha value is -3.48. The molecule has 1 amide bonds. The lowest BCUT2D eigenvalue weighted by atomic mass is 10.2. The minimum atomic E-state index is -0.349. The number of aromatic nitrogens is 1. The highest BCUT2D eigenvalue weighted by molar-refractivity contribution is 5.98. The number of fused-ring (bicyclic) bond motifs is 1. The highest BCUT2D eigenvalue weighted by Crippen LogP contribution is 2.29. The third-order valence-corrected chi connectivity index (χ3v) is 3.88. The second-order valence-corrected chi connectivity index (χ2v) is 5.42. The molecule has 7 heteroatoms. The van der Waals surface area contributed by atoms with Crippen molar-refractivity contribution in [3.05, 3.63) is 53.7 Å². The van der Waals surface area contributed by atoms with Gasteiger partial charge in [-0.25, -0.2) is 5.43 Å². The number of rotatable bonds is 6. The van der Waals surface area contributed by atoms with Crippen LogP contribution in [0.3, 0.4) is 0 Å². The fraction of sp³-hybridized carbons (Fsp3) is 0.158. The number of carbonyl (C=O) groups excluding carboxylic acids is 1. The highest BCUT2D eigenvalue weighted by atomic mass is 16.5. The number of amides is 1. The number of nitrogens with zero attached hydrogens (tertiary/aromatic N) is 1. The van der Waals surface area contributed by atoms with E-state index >= 15 is 0 Å². The minimum Gasteiger partial charge on any atom is -0.497 e. The molecule has 2 aromatic carbocycles. The van der Waals surface area contributed by atoms with Gasteiger partial charge in [0, 0.05) is 16.5 Å². The third-order valence-electron chi connectivity index (χ3n) is 3.88. The second kappa shape index (κ2) is 7.60. The van der Waals surface area contributed by atoms with E-state index in [1.54, 1.807) is 33.5 Å². The predicted molar refractivity (Wildman–Crippen MR) is 99.5 cm³/mol. The van der Waals surface area contributed by atoms with Crippen LogP contribution in [0.15, 0.2) is 47.6 Å². The number of aromatic amines is 1. The van der Waals surface area contributed by atoms with Crippen LogP contribution in [0.4, 0.5) is 0 Å². The zero-order valence-electron chi connectivity index (χ0n) is 14.7. The van der Waals surface area contributed by atoms with Crippen LogP contribution >= 0.6 is 0 Å². The Balaban J connectivity index is 1.76. The molecule has 0 aliphatic heterocycles. The predicted octanol–water partition coefficient (Wildman–Crippen LogP) is 2.96. The molecule has 0 radical (unpaired) electrons. The van der Waals surface area contributed by atoms with Gasteiger partial charge in [-0.2, -0.15) is 5.10 Å². The van der Waals surface area contributed by atoms with Gasteiger partial charge in [0.05, 0.1) is 27.5 Å². The average molecular weight is 353 g/mol. The van der Waals surface area contributed by atoms with Crippen molar-refractivity contribution in [1.82, 2.24) is 10.4 Å². The first-order valence-electron chi connectivity index (χ1n) is 7.87. The molecule has 1 aromatic heterocycles. The van der Waals surface area contributed by atoms with Crippen LogP contribution in [0.25, 0.3) is 10.9 Å². The van der Waals surface area contributed by atoms with Gasteiger partial charge in [-0.1, -0.05) is 6.07 Å². The summed E-state index contributed by atoms with van der Waals surface area (Å²) in [5.74, 6) is 1.52. The maximum atomic E-state index is 12.3. The molecular weight excluding hydrogens is 334 g/mol. The van der Waals surface area contributed by atoms with E-state index in [0.717, 1.165) is 16.7 Å². The Kier molecular flexibility index (Phi) is 5.07. The summed E-state index contributed by atoms with van der Waals surface area (Å²) in [6.07, 6.45) is 1.50. The van der Waals surface area contributed by atoms with Crippen molar-refractivity contribution in [2.75, 3.05) is 21.3 Å². The molecule has 7 nitrogen and oxygen atoms in total. The first kappa shape index (κ1) is 17.3. The van der Waals surface area contributed by atoms with E-state index in [1.807, 2.05) is 30.3 Å². The number of para-hydroxylation sites is 1. The average Bonchev–Trinajstić information content (AvgIpc) is 3.10. The van der Waals surface area contributed by atoms with Crippen LogP contribution in [-0.4, -0.2) is 38.4 Å². The molecular formula is C19H19N3O4. The van der Waals surface area contributed by atoms with Gasteiger partial charge in [-0.05, 0) is 36.4 Å². The van der Waals surface area contributed by atoms with E-state index in [0.29, 0.717) is 22.8 Å². The van der Waals surface area contributed by atoms with Crippen LogP contribution < -0.4 is 19.6 Å². The largest absolute Gasteiger partial charge is 0.497 e. The van der Waals surface area contributed by atoms with Crippen LogP contribution in [0, 0.1) is 0 Å². The number of hydrazone groups is 1. The summed E-state index contributed by atoms with van der Waals surface area (Å²) in [5.41, 5.74) is 4.43. The van der Waals surface area contributed by atoms with Crippen LogP contribution in [0.2, 0.25) is 0 Å². The van der Waals surface area contributed by atoms with Crippen molar-refractivity contribution < 1.29 is 19.0 Å². The first-order chi connectivity index (χ1) is 12.7. The van der Waals surface area contributed by atoms with Crippen molar-refractivity contribution in [2.45, 2.75) is 0 Å². The molecule has 0 bridgehead atoms. The number of benzene rings is 2. The van der Waals surface area contributed by atoms with E-state index in [9.17, 15) is 4.79 Å². The van der Waals surface area contributed by atoms with E-state index in [2.05, 4.69) is 15.5 Å². The molecule has 0 aliphatic carbocycles. The number of H-pyrrole nitrogens is 1. The topological polar surface area (TPSA) is 84.9 Å². The van der Waals surface area contributed by atoms with Gasteiger partial charge in [0.2, 0.25) is 0 Å². The van der Waals surface area contributed by atoms with Crippen LogP contribution in [0.1, 0.15) is 16.1 Å². The van der Waals surface area contributed by atoms with Gasteiger partial charge in [-0.15, -0.1) is 0 Å². The maximum absolute atomic E-state index is 12.3. The Morgan fingerprint density at radius 1 is 1.08 bits per heavy atom. The van der Waals surface area contributed by atoms with Crippen molar-refractivity contribution in [3.63, 3.8) is 0 Å². The molecule has 2 N–H and O–H groups in total. The summed E-state index contributed by atoms with van der Waals surface area (Å²) < 4.78 is 15.7. The Labute approximate surface area is 150 Å². The van der Waals surface area contributed by atoms with Gasteiger partial charge in [0.25, 0.3) is 5.91 Å². The Morgan fingerprint density at radius 3 is 2.65 bits per heavy atom. The van der Waals surface area contributed by atoms with Crippen molar-refractivity contribution in [1.29, 1.82) is 0 Å². The molecule has 0 unspecified atom stereocenters. The molecule has 0 aliphatic rings. The molecule has 26 heavy (non-hydrogen) atoms. The SMILES string of the molecule is COc1ccc2[nH]c(C(=O)N/N=C\c3cccc(OC)c3OC)cc2c1. The lowest BCUT2D eigenvalue weighted by molar-refractivity contribution is 0.0951. The van der Waals surface area contributed by atoms with Crippen LogP contribution in [-0.2, 0) is 0 Å². The summed E-state index contributed by atoms with van der Waals surface area (Å²) in [7, 11) is 4.71. The van der Waals surface area contributed by atoms with Gasteiger partial charge in [0.1, 0.15) is 11.4 Å². The summed E-state index contributed by atoms with van der Waals surface area (Å²) in [5, 5.41) is 4.88. The van der Waals surface area contributed by atoms with Gasteiger partial charge in [-0.3, -0.25) is 4.79 Å². The molecule has 1 heterocycles. The number of hydrogen-bond donors (Lipinski definition) is 2. The summed E-state index contributed by atoms with van der Waals surface area (Å²) in [4.78, 5) is 15.3. The standard InChI is InChI=1S/C19H19N3O4/c1-24-14-7-8-15-13(9-14)10-16(21-15)19(23)22-20-11-12-5-4-6-17(25-2)18(12)26-3/h4-11,21H,1-3H3,(H,22,23)/b20-11-. The Bertz CT molecular complexity index is 963. The fourth-order valence-corrected chi connectivity index (χ4v) is 2.59. The molecule has 3 rings (SSSR count). The summed E-state index contributed by atoms with van der Waals surface area (Å²) in [6.45, 7) is 0. The molecule has 0 spiro atoms. The van der Waals surface area contributed by atoms with E-state index in [1.165, 1.54) is 6.21 Å². The Morgan fingerprint density at radius 2 is 1.92 bits per heavy atom. The molecule has 0 atom stereocenters. The summed E-state index contributed by atoms with van der Waals surface area (Å²) in [6, 6.07) is 12.7. The normalized spacial score (nSPS) is 10.9. The van der Waals surface area contributed by atoms with Gasteiger partial charge < -0.3 is 19.2 Å². The molecule has 0 saturated heterocycles. The first-order valence-corrected chi connectivity index (χ1v) is 7.87. The lowest BCUT2D eigenvalue weighted by Gasteiger charge is -2.09. The highest BCUT2D eigenvalue weighted by Gasteiger charge is 2.10. The number of methoxy groups -OCH3 is 3. The lowest BCUT2D eigenvalue weighted by Crippen LogP contribution is -2.17. The number of nitrogens with one attached hydrogen (secondary N) is 2. The van der Waals surface area contributed by atoms with Gasteiger partial charge >= 0.3 is 0 Å². The summed E-state index contributed by atoms with van der Waals surface area (Å²) >= 11 is 0. The van der Waals surface area contributed by atoms with Gasteiger partial charge in [0.15, 0.2) is 11.5 Å². The van der Waals surface area contributed by atoms with Crippen molar-refractivity contribution in [3.8, 4) is 17.2 Å². The fourth-order valence-electron chi connectivity index (χ4n) is 2.59. The number of carbonyl (C=O) groups is 1. The van der Waals surface area contributed by atoms with E-state index in [4.69, 9.17) is 14.2 Å². The minimum absolute atomic E-state index is 0.349. The van der Waals surface area contributed by atoms with Crippen molar-refractivity contribution in [2.24, 2.45) is 5.10 Å². The second-order valence-electron chi connectivity index (χ2n) is 5.42. The molecule has 0 fully saturated rings. The zero-order valence-corrected chi connectivity index (χ0v) is 14.7. The monoisotopic (exact) mass is 353 g/mol.